The first kappa shape index (κ1) is 13.5. The SMILES string of the molecule is CC(C)(C)OC(=O)N1CCC[C@H]1c1ccc(Br)[nH]1. The molecule has 5 heteroatoms. The normalized spacial score (nSPS) is 20.2. The minimum absolute atomic E-state index is 0.103. The Hall–Kier alpha value is -0.970. The Morgan fingerprint density at radius 1 is 1.50 bits per heavy atom. The molecule has 0 radical (unpaired) electrons. The lowest BCUT2D eigenvalue weighted by Crippen LogP contribution is -2.36. The summed E-state index contributed by atoms with van der Waals surface area (Å²) in [5.41, 5.74) is 0.616. The maximum atomic E-state index is 12.1. The summed E-state index contributed by atoms with van der Waals surface area (Å²) < 4.78 is 6.38. The van der Waals surface area contributed by atoms with Gasteiger partial charge in [0.1, 0.15) is 5.60 Å². The third-order valence-electron chi connectivity index (χ3n) is 2.91. The number of aromatic nitrogens is 1. The summed E-state index contributed by atoms with van der Waals surface area (Å²) in [5, 5.41) is 0. The predicted molar refractivity (Wildman–Crippen MR) is 73.4 cm³/mol. The summed E-state index contributed by atoms with van der Waals surface area (Å²) in [6.45, 7) is 6.43. The maximum absolute atomic E-state index is 12.1. The Bertz CT molecular complexity index is 436. The zero-order valence-corrected chi connectivity index (χ0v) is 12.6. The molecular weight excluding hydrogens is 296 g/mol. The lowest BCUT2D eigenvalue weighted by Gasteiger charge is -2.28. The number of carbonyl (C=O) groups is 1. The second kappa shape index (κ2) is 4.96. The fraction of sp³-hybridized carbons (Fsp3) is 0.615. The number of likely N-dealkylation sites (tertiary alicyclic amines) is 1. The van der Waals surface area contributed by atoms with Crippen LogP contribution in [0.3, 0.4) is 0 Å². The molecule has 4 nitrogen and oxygen atoms in total. The number of nitrogens with zero attached hydrogens (tertiary/aromatic N) is 1. The van der Waals surface area contributed by atoms with E-state index in [4.69, 9.17) is 4.74 Å². The average molecular weight is 315 g/mol. The molecule has 1 amide bonds. The second-order valence-corrected chi connectivity index (χ2v) is 6.45. The molecule has 1 aliphatic rings. The van der Waals surface area contributed by atoms with Gasteiger partial charge < -0.3 is 9.72 Å². The van der Waals surface area contributed by atoms with Crippen LogP contribution >= 0.6 is 15.9 Å². The topological polar surface area (TPSA) is 45.3 Å². The number of ether oxygens (including phenoxy) is 1. The standard InChI is InChI=1S/C13H19BrN2O2/c1-13(2,3)18-12(17)16-8-4-5-10(16)9-6-7-11(14)15-9/h6-7,10,15H,4-5,8H2,1-3H3/t10-/m0/s1. The fourth-order valence-electron chi connectivity index (χ4n) is 2.21. The van der Waals surface area contributed by atoms with Crippen LogP contribution in [0.4, 0.5) is 4.79 Å². The molecule has 18 heavy (non-hydrogen) atoms. The van der Waals surface area contributed by atoms with Crippen molar-refractivity contribution in [3.8, 4) is 0 Å². The fourth-order valence-corrected chi connectivity index (χ4v) is 2.57. The Balaban J connectivity index is 2.10. The molecule has 2 rings (SSSR count). The van der Waals surface area contributed by atoms with Crippen molar-refractivity contribution in [2.45, 2.75) is 45.3 Å². The second-order valence-electron chi connectivity index (χ2n) is 5.59. The van der Waals surface area contributed by atoms with Gasteiger partial charge in [0.05, 0.1) is 10.6 Å². The largest absolute Gasteiger partial charge is 0.444 e. The molecule has 0 spiro atoms. The highest BCUT2D eigenvalue weighted by molar-refractivity contribution is 9.10. The average Bonchev–Trinajstić information content (AvgIpc) is 2.81. The smallest absolute Gasteiger partial charge is 0.410 e. The molecule has 2 heterocycles. The zero-order valence-electron chi connectivity index (χ0n) is 11.0. The number of nitrogens with one attached hydrogen (secondary N) is 1. The van der Waals surface area contributed by atoms with E-state index in [0.29, 0.717) is 0 Å². The predicted octanol–water partition coefficient (Wildman–Crippen LogP) is 3.85. The molecule has 0 aliphatic carbocycles. The monoisotopic (exact) mass is 314 g/mol. The van der Waals surface area contributed by atoms with Crippen LogP contribution in [0.5, 0.6) is 0 Å². The summed E-state index contributed by atoms with van der Waals surface area (Å²) in [5.74, 6) is 0. The first-order chi connectivity index (χ1) is 8.37. The van der Waals surface area contributed by atoms with Gasteiger partial charge in [-0.1, -0.05) is 0 Å². The van der Waals surface area contributed by atoms with Crippen molar-refractivity contribution in [2.24, 2.45) is 0 Å². The van der Waals surface area contributed by atoms with Gasteiger partial charge in [-0.15, -0.1) is 0 Å². The molecule has 1 aromatic heterocycles. The number of aromatic amines is 1. The van der Waals surface area contributed by atoms with Crippen LogP contribution < -0.4 is 0 Å². The van der Waals surface area contributed by atoms with Crippen LogP contribution in [0.1, 0.15) is 45.3 Å². The highest BCUT2D eigenvalue weighted by Crippen LogP contribution is 2.33. The van der Waals surface area contributed by atoms with E-state index < -0.39 is 5.60 Å². The van der Waals surface area contributed by atoms with Gasteiger partial charge in [0.2, 0.25) is 0 Å². The van der Waals surface area contributed by atoms with Crippen molar-refractivity contribution in [1.29, 1.82) is 0 Å². The van der Waals surface area contributed by atoms with Crippen LogP contribution in [-0.4, -0.2) is 28.1 Å². The van der Waals surface area contributed by atoms with Gasteiger partial charge in [-0.25, -0.2) is 4.79 Å². The van der Waals surface area contributed by atoms with E-state index in [2.05, 4.69) is 20.9 Å². The number of amides is 1. The molecule has 0 aromatic carbocycles. The van der Waals surface area contributed by atoms with Crippen molar-refractivity contribution < 1.29 is 9.53 Å². The summed E-state index contributed by atoms with van der Waals surface area (Å²) in [6, 6.07) is 4.07. The molecule has 1 aromatic rings. The Morgan fingerprint density at radius 3 is 2.78 bits per heavy atom. The third kappa shape index (κ3) is 3.07. The molecule has 0 bridgehead atoms. The quantitative estimate of drug-likeness (QED) is 0.855. The molecule has 0 unspecified atom stereocenters. The molecule has 0 saturated carbocycles. The van der Waals surface area contributed by atoms with E-state index >= 15 is 0 Å². The molecule has 1 atom stereocenters. The van der Waals surface area contributed by atoms with Gasteiger partial charge in [0.15, 0.2) is 0 Å². The van der Waals surface area contributed by atoms with Gasteiger partial charge >= 0.3 is 6.09 Å². The van der Waals surface area contributed by atoms with Crippen molar-refractivity contribution in [3.63, 3.8) is 0 Å². The van der Waals surface area contributed by atoms with Gasteiger partial charge in [-0.05, 0) is 61.7 Å². The van der Waals surface area contributed by atoms with Gasteiger partial charge in [0.25, 0.3) is 0 Å². The van der Waals surface area contributed by atoms with E-state index in [0.717, 1.165) is 29.7 Å². The molecule has 1 N–H and O–H groups in total. The molecule has 1 saturated heterocycles. The first-order valence-corrected chi connectivity index (χ1v) is 7.00. The summed E-state index contributed by atoms with van der Waals surface area (Å²) in [6.07, 6.45) is 1.77. The van der Waals surface area contributed by atoms with Crippen LogP contribution in [0.2, 0.25) is 0 Å². The number of hydrogen-bond acceptors (Lipinski definition) is 2. The van der Waals surface area contributed by atoms with E-state index in [9.17, 15) is 4.79 Å². The van der Waals surface area contributed by atoms with Gasteiger partial charge in [0, 0.05) is 12.2 Å². The highest BCUT2D eigenvalue weighted by Gasteiger charge is 2.33. The van der Waals surface area contributed by atoms with Gasteiger partial charge in [-0.2, -0.15) is 0 Å². The van der Waals surface area contributed by atoms with Crippen molar-refractivity contribution >= 4 is 22.0 Å². The summed E-state index contributed by atoms with van der Waals surface area (Å²) >= 11 is 3.39. The molecular formula is C13H19BrN2O2. The van der Waals surface area contributed by atoms with Gasteiger partial charge in [-0.3, -0.25) is 4.90 Å². The minimum Gasteiger partial charge on any atom is -0.444 e. The number of hydrogen-bond donors (Lipinski definition) is 1. The Kier molecular flexibility index (Phi) is 3.71. The van der Waals surface area contributed by atoms with Crippen LogP contribution in [0.25, 0.3) is 0 Å². The highest BCUT2D eigenvalue weighted by atomic mass is 79.9. The van der Waals surface area contributed by atoms with Crippen molar-refractivity contribution in [2.75, 3.05) is 6.54 Å². The van der Waals surface area contributed by atoms with Crippen molar-refractivity contribution in [3.05, 3.63) is 22.4 Å². The van der Waals surface area contributed by atoms with Crippen LogP contribution in [-0.2, 0) is 4.74 Å². The first-order valence-electron chi connectivity index (χ1n) is 6.21. The summed E-state index contributed by atoms with van der Waals surface area (Å²) in [4.78, 5) is 17.2. The molecule has 100 valence electrons. The number of carbonyl (C=O) groups excluding carboxylic acids is 1. The zero-order chi connectivity index (χ0) is 13.3. The van der Waals surface area contributed by atoms with Crippen LogP contribution in [0, 0.1) is 0 Å². The van der Waals surface area contributed by atoms with Crippen molar-refractivity contribution in [1.82, 2.24) is 9.88 Å². The van der Waals surface area contributed by atoms with E-state index in [1.54, 1.807) is 0 Å². The lowest BCUT2D eigenvalue weighted by atomic mass is 10.1. The molecule has 1 fully saturated rings. The number of halogens is 1. The minimum atomic E-state index is -0.444. The Morgan fingerprint density at radius 2 is 2.22 bits per heavy atom. The van der Waals surface area contributed by atoms with E-state index in [1.165, 1.54) is 0 Å². The summed E-state index contributed by atoms with van der Waals surface area (Å²) in [7, 11) is 0. The Labute approximate surface area is 116 Å². The third-order valence-corrected chi connectivity index (χ3v) is 3.38. The molecule has 1 aliphatic heterocycles. The van der Waals surface area contributed by atoms with Crippen LogP contribution in [0.15, 0.2) is 16.7 Å². The van der Waals surface area contributed by atoms with E-state index in [1.807, 2.05) is 37.8 Å². The lowest BCUT2D eigenvalue weighted by molar-refractivity contribution is 0.0222. The maximum Gasteiger partial charge on any atom is 0.410 e. The number of H-pyrrole nitrogens is 1. The number of rotatable bonds is 1. The van der Waals surface area contributed by atoms with E-state index in [-0.39, 0.29) is 12.1 Å².